The topological polar surface area (TPSA) is 85.9 Å². The summed E-state index contributed by atoms with van der Waals surface area (Å²) in [6.45, 7) is 0. The quantitative estimate of drug-likeness (QED) is 0.687. The normalized spacial score (nSPS) is 11.5. The predicted octanol–water partition coefficient (Wildman–Crippen LogP) is 1.85. The molecule has 0 saturated heterocycles. The van der Waals surface area contributed by atoms with Crippen LogP contribution < -0.4 is 5.73 Å². The first-order chi connectivity index (χ1) is 8.90. The summed E-state index contributed by atoms with van der Waals surface area (Å²) in [5.41, 5.74) is 7.19. The number of aromatic nitrogens is 2. The average Bonchev–Trinajstić information content (AvgIpc) is 2.37. The Morgan fingerprint density at radius 2 is 1.79 bits per heavy atom. The Kier molecular flexibility index (Phi) is 3.77. The Hall–Kier alpha value is -1.60. The third-order valence-electron chi connectivity index (χ3n) is 2.49. The van der Waals surface area contributed by atoms with Gasteiger partial charge in [-0.3, -0.25) is 0 Å². The third-order valence-corrected chi connectivity index (χ3v) is 4.16. The first-order valence-electron chi connectivity index (χ1n) is 5.39. The zero-order valence-corrected chi connectivity index (χ0v) is 12.1. The van der Waals surface area contributed by atoms with E-state index >= 15 is 0 Å². The Morgan fingerprint density at radius 3 is 2.32 bits per heavy atom. The minimum Gasteiger partial charge on any atom is -0.384 e. The molecule has 0 atom stereocenters. The fourth-order valence-electron chi connectivity index (χ4n) is 1.56. The second-order valence-corrected chi connectivity index (χ2v) is 6.75. The first kappa shape index (κ1) is 13.8. The van der Waals surface area contributed by atoms with Gasteiger partial charge in [-0.15, -0.1) is 0 Å². The average molecular weight is 295 g/mol. The zero-order valence-electron chi connectivity index (χ0n) is 10.5. The number of hydrogen-bond acceptors (Lipinski definition) is 6. The number of hydrogen-bond donors (Lipinski definition) is 1. The maximum Gasteiger partial charge on any atom is 0.189 e. The van der Waals surface area contributed by atoms with Gasteiger partial charge >= 0.3 is 0 Å². The molecule has 0 unspecified atom stereocenters. The van der Waals surface area contributed by atoms with Crippen LogP contribution in [0.2, 0.25) is 0 Å². The summed E-state index contributed by atoms with van der Waals surface area (Å²) in [4.78, 5) is 8.69. The van der Waals surface area contributed by atoms with E-state index in [-0.39, 0.29) is 4.90 Å². The van der Waals surface area contributed by atoms with Crippen molar-refractivity contribution in [2.24, 2.45) is 0 Å². The molecule has 0 fully saturated rings. The van der Waals surface area contributed by atoms with Crippen LogP contribution in [0.25, 0.3) is 11.3 Å². The Labute approximate surface area is 116 Å². The van der Waals surface area contributed by atoms with Crippen molar-refractivity contribution in [3.63, 3.8) is 0 Å². The van der Waals surface area contributed by atoms with E-state index in [4.69, 9.17) is 5.73 Å². The molecular formula is C12H13N3O2S2. The fourth-order valence-corrected chi connectivity index (χ4v) is 2.57. The van der Waals surface area contributed by atoms with E-state index in [0.29, 0.717) is 16.7 Å². The molecule has 0 bridgehead atoms. The van der Waals surface area contributed by atoms with Crippen LogP contribution in [0.4, 0.5) is 5.82 Å². The lowest BCUT2D eigenvalue weighted by molar-refractivity contribution is 0.602. The molecule has 0 spiro atoms. The molecule has 2 rings (SSSR count). The van der Waals surface area contributed by atoms with Crippen LogP contribution in [0.15, 0.2) is 40.4 Å². The van der Waals surface area contributed by atoms with Crippen LogP contribution in [-0.2, 0) is 9.84 Å². The van der Waals surface area contributed by atoms with Gasteiger partial charge in [0.15, 0.2) is 15.0 Å². The maximum absolute atomic E-state index is 11.4. The molecular weight excluding hydrogens is 282 g/mol. The van der Waals surface area contributed by atoms with Gasteiger partial charge in [0.05, 0.1) is 10.6 Å². The Balaban J connectivity index is 2.45. The predicted molar refractivity (Wildman–Crippen MR) is 76.8 cm³/mol. The standard InChI is InChI=1S/C12H13N3O2S2/c1-18-12-14-10(7-11(13)15-12)8-3-5-9(6-4-8)19(2,16)17/h3-7H,1-2H3,(H2,13,14,15). The van der Waals surface area contributed by atoms with E-state index in [1.54, 1.807) is 30.3 Å². The fraction of sp³-hybridized carbons (Fsp3) is 0.167. The molecule has 19 heavy (non-hydrogen) atoms. The molecule has 7 heteroatoms. The highest BCUT2D eigenvalue weighted by molar-refractivity contribution is 7.98. The minimum absolute atomic E-state index is 0.281. The minimum atomic E-state index is -3.18. The van der Waals surface area contributed by atoms with E-state index in [2.05, 4.69) is 9.97 Å². The summed E-state index contributed by atoms with van der Waals surface area (Å²) in [5, 5.41) is 0.585. The van der Waals surface area contributed by atoms with Crippen LogP contribution in [0.1, 0.15) is 0 Å². The van der Waals surface area contributed by atoms with Crippen LogP contribution in [0.3, 0.4) is 0 Å². The number of thioether (sulfide) groups is 1. The lowest BCUT2D eigenvalue weighted by Gasteiger charge is -2.05. The van der Waals surface area contributed by atoms with Crippen molar-refractivity contribution in [3.8, 4) is 11.3 Å². The van der Waals surface area contributed by atoms with Crippen molar-refractivity contribution in [2.45, 2.75) is 10.1 Å². The highest BCUT2D eigenvalue weighted by atomic mass is 32.2. The van der Waals surface area contributed by atoms with Crippen molar-refractivity contribution in [2.75, 3.05) is 18.2 Å². The molecule has 2 N–H and O–H groups in total. The lowest BCUT2D eigenvalue weighted by atomic mass is 10.1. The van der Waals surface area contributed by atoms with E-state index < -0.39 is 9.84 Å². The smallest absolute Gasteiger partial charge is 0.189 e. The summed E-state index contributed by atoms with van der Waals surface area (Å²) in [7, 11) is -3.18. The van der Waals surface area contributed by atoms with Gasteiger partial charge in [0, 0.05) is 17.9 Å². The number of nitrogen functional groups attached to an aromatic ring is 1. The second kappa shape index (κ2) is 5.18. The molecule has 5 nitrogen and oxygen atoms in total. The van der Waals surface area contributed by atoms with E-state index in [0.717, 1.165) is 5.56 Å². The second-order valence-electron chi connectivity index (χ2n) is 3.96. The van der Waals surface area contributed by atoms with Gasteiger partial charge in [-0.25, -0.2) is 18.4 Å². The van der Waals surface area contributed by atoms with Crippen molar-refractivity contribution in [3.05, 3.63) is 30.3 Å². The maximum atomic E-state index is 11.4. The molecule has 0 radical (unpaired) electrons. The van der Waals surface area contributed by atoms with Gasteiger partial charge in [-0.2, -0.15) is 0 Å². The summed E-state index contributed by atoms with van der Waals surface area (Å²) in [6, 6.07) is 8.20. The van der Waals surface area contributed by atoms with Crippen molar-refractivity contribution in [1.82, 2.24) is 9.97 Å². The van der Waals surface area contributed by atoms with Crippen LogP contribution in [-0.4, -0.2) is 30.9 Å². The summed E-state index contributed by atoms with van der Waals surface area (Å²) < 4.78 is 22.8. The molecule has 0 aliphatic carbocycles. The summed E-state index contributed by atoms with van der Waals surface area (Å²) in [6.07, 6.45) is 3.04. The lowest BCUT2D eigenvalue weighted by Crippen LogP contribution is -1.98. The van der Waals surface area contributed by atoms with E-state index in [1.807, 2.05) is 6.26 Å². The molecule has 0 aliphatic rings. The Bertz CT molecular complexity index is 697. The molecule has 1 aromatic heterocycles. The number of benzene rings is 1. The molecule has 1 heterocycles. The SMILES string of the molecule is CSc1nc(N)cc(-c2ccc(S(C)(=O)=O)cc2)n1. The van der Waals surface area contributed by atoms with Crippen LogP contribution in [0.5, 0.6) is 0 Å². The van der Waals surface area contributed by atoms with Crippen molar-refractivity contribution < 1.29 is 8.42 Å². The zero-order chi connectivity index (χ0) is 14.0. The van der Waals surface area contributed by atoms with Gasteiger partial charge in [-0.1, -0.05) is 23.9 Å². The van der Waals surface area contributed by atoms with Crippen LogP contribution >= 0.6 is 11.8 Å². The number of anilines is 1. The summed E-state index contributed by atoms with van der Waals surface area (Å²) >= 11 is 1.40. The largest absolute Gasteiger partial charge is 0.384 e. The number of rotatable bonds is 3. The van der Waals surface area contributed by atoms with E-state index in [1.165, 1.54) is 18.0 Å². The van der Waals surface area contributed by atoms with E-state index in [9.17, 15) is 8.42 Å². The monoisotopic (exact) mass is 295 g/mol. The summed E-state index contributed by atoms with van der Waals surface area (Å²) in [5.74, 6) is 0.390. The van der Waals surface area contributed by atoms with Gasteiger partial charge in [0.1, 0.15) is 5.82 Å². The van der Waals surface area contributed by atoms with Crippen LogP contribution in [0, 0.1) is 0 Å². The Morgan fingerprint density at radius 1 is 1.16 bits per heavy atom. The molecule has 0 amide bonds. The molecule has 1 aromatic carbocycles. The highest BCUT2D eigenvalue weighted by Gasteiger charge is 2.08. The van der Waals surface area contributed by atoms with Crippen molar-refractivity contribution in [1.29, 1.82) is 0 Å². The number of nitrogens with two attached hydrogens (primary N) is 1. The van der Waals surface area contributed by atoms with Gasteiger partial charge < -0.3 is 5.73 Å². The molecule has 0 aliphatic heterocycles. The molecule has 100 valence electrons. The van der Waals surface area contributed by atoms with Gasteiger partial charge in [0.2, 0.25) is 0 Å². The van der Waals surface area contributed by atoms with Gasteiger partial charge in [-0.05, 0) is 18.4 Å². The highest BCUT2D eigenvalue weighted by Crippen LogP contribution is 2.23. The van der Waals surface area contributed by atoms with Crippen molar-refractivity contribution >= 4 is 27.4 Å². The van der Waals surface area contributed by atoms with Gasteiger partial charge in [0.25, 0.3) is 0 Å². The first-order valence-corrected chi connectivity index (χ1v) is 8.51. The molecule has 0 saturated carbocycles. The number of sulfone groups is 1. The number of nitrogens with zero attached hydrogens (tertiary/aromatic N) is 2. The molecule has 2 aromatic rings. The third kappa shape index (κ3) is 3.24.